The molecule has 2 aromatic carbocycles. The second-order valence-electron chi connectivity index (χ2n) is 8.71. The van der Waals surface area contributed by atoms with Gasteiger partial charge in [-0.05, 0) is 44.5 Å². The molecule has 0 atom stereocenters. The van der Waals surface area contributed by atoms with E-state index in [0.717, 1.165) is 16.2 Å². The molecule has 1 aliphatic rings. The Hall–Kier alpha value is -4.31. The molecule has 11 heteroatoms. The van der Waals surface area contributed by atoms with Crippen LogP contribution in [0.2, 0.25) is 5.02 Å². The number of carbonyl (C=O) groups is 4. The van der Waals surface area contributed by atoms with Crippen molar-refractivity contribution in [2.75, 3.05) is 19.8 Å². The second kappa shape index (κ2) is 12.3. The van der Waals surface area contributed by atoms with Gasteiger partial charge in [-0.15, -0.1) is 0 Å². The smallest absolute Gasteiger partial charge is 0.421 e. The maximum absolute atomic E-state index is 13.7. The fraction of sp³-hybridized carbons (Fsp3) is 0.310. The van der Waals surface area contributed by atoms with Crippen molar-refractivity contribution in [3.05, 3.63) is 76.5 Å². The van der Waals surface area contributed by atoms with Crippen LogP contribution in [0.25, 0.3) is 10.9 Å². The van der Waals surface area contributed by atoms with Gasteiger partial charge in [-0.1, -0.05) is 41.9 Å². The minimum atomic E-state index is -2.13. The SMILES string of the molecule is CCOC(=O)/C=C1/CC(C(=O)OCC)(C(=O)OCC)c2c(n(C(=O)OCc3ccccc3)c3ccc(Cl)cc23)O1. The molecule has 0 amide bonds. The predicted molar refractivity (Wildman–Crippen MR) is 144 cm³/mol. The van der Waals surface area contributed by atoms with E-state index < -0.39 is 35.8 Å². The van der Waals surface area contributed by atoms with Crippen molar-refractivity contribution in [1.82, 2.24) is 4.57 Å². The number of nitrogens with zero attached hydrogens (tertiary/aromatic N) is 1. The summed E-state index contributed by atoms with van der Waals surface area (Å²) in [4.78, 5) is 53.3. The van der Waals surface area contributed by atoms with E-state index in [0.29, 0.717) is 0 Å². The van der Waals surface area contributed by atoms with E-state index in [1.165, 1.54) is 6.07 Å². The van der Waals surface area contributed by atoms with Crippen LogP contribution in [0.3, 0.4) is 0 Å². The Bertz CT molecular complexity index is 1460. The Kier molecular flexibility index (Phi) is 8.79. The number of fused-ring (bicyclic) bond motifs is 3. The van der Waals surface area contributed by atoms with E-state index in [1.807, 2.05) is 6.07 Å². The Morgan fingerprint density at radius 2 is 1.57 bits per heavy atom. The molecule has 1 aliphatic heterocycles. The van der Waals surface area contributed by atoms with Crippen molar-refractivity contribution in [2.24, 2.45) is 0 Å². The van der Waals surface area contributed by atoms with E-state index in [-0.39, 0.29) is 59.6 Å². The van der Waals surface area contributed by atoms with Gasteiger partial charge in [0.2, 0.25) is 11.3 Å². The lowest BCUT2D eigenvalue weighted by atomic mass is 9.75. The lowest BCUT2D eigenvalue weighted by molar-refractivity contribution is -0.166. The second-order valence-corrected chi connectivity index (χ2v) is 9.14. The van der Waals surface area contributed by atoms with Gasteiger partial charge in [-0.3, -0.25) is 9.59 Å². The molecule has 210 valence electrons. The standard InChI is InChI=1S/C29H28ClNO9/c1-4-36-23(32)15-20-16-29(26(33)37-5-2,27(34)38-6-3)24-21-14-19(30)12-13-22(21)31(25(24)40-20)28(35)39-17-18-10-8-7-9-11-18/h7-15H,4-6,16-17H2,1-3H3/b20-15-. The Morgan fingerprint density at radius 3 is 2.20 bits per heavy atom. The third-order valence-corrected chi connectivity index (χ3v) is 6.42. The molecule has 2 heterocycles. The molecule has 0 N–H and O–H groups in total. The molecule has 3 aromatic rings. The van der Waals surface area contributed by atoms with Gasteiger partial charge in [-0.25, -0.2) is 14.2 Å². The number of allylic oxidation sites excluding steroid dienone is 1. The zero-order valence-corrected chi connectivity index (χ0v) is 23.0. The summed E-state index contributed by atoms with van der Waals surface area (Å²) >= 11 is 6.33. The van der Waals surface area contributed by atoms with Crippen LogP contribution in [0.1, 0.15) is 38.3 Å². The molecular weight excluding hydrogens is 542 g/mol. The molecule has 0 fully saturated rings. The molecule has 0 aliphatic carbocycles. The topological polar surface area (TPSA) is 119 Å². The van der Waals surface area contributed by atoms with Gasteiger partial charge in [0, 0.05) is 16.8 Å². The van der Waals surface area contributed by atoms with Crippen LogP contribution in [-0.2, 0) is 45.4 Å². The van der Waals surface area contributed by atoms with Crippen molar-refractivity contribution in [3.8, 4) is 5.88 Å². The van der Waals surface area contributed by atoms with Gasteiger partial charge in [0.15, 0.2) is 0 Å². The number of esters is 3. The van der Waals surface area contributed by atoms with Gasteiger partial charge in [0.25, 0.3) is 0 Å². The quantitative estimate of drug-likeness (QED) is 0.158. The first kappa shape index (κ1) is 28.7. The van der Waals surface area contributed by atoms with Crippen LogP contribution in [0, 0.1) is 0 Å². The summed E-state index contributed by atoms with van der Waals surface area (Å²) in [5.41, 5.74) is -1.13. The Morgan fingerprint density at radius 1 is 0.925 bits per heavy atom. The van der Waals surface area contributed by atoms with Gasteiger partial charge < -0.3 is 23.7 Å². The largest absolute Gasteiger partial charge is 0.465 e. The lowest BCUT2D eigenvalue weighted by Crippen LogP contribution is -2.49. The Labute approximate surface area is 235 Å². The maximum atomic E-state index is 13.7. The predicted octanol–water partition coefficient (Wildman–Crippen LogP) is 5.07. The molecule has 0 spiro atoms. The molecule has 40 heavy (non-hydrogen) atoms. The van der Waals surface area contributed by atoms with Crippen LogP contribution in [0.15, 0.2) is 60.4 Å². The minimum absolute atomic E-state index is 0.0135. The first-order chi connectivity index (χ1) is 19.3. The monoisotopic (exact) mass is 569 g/mol. The van der Waals surface area contributed by atoms with Gasteiger partial charge in [0.05, 0.1) is 37.0 Å². The summed E-state index contributed by atoms with van der Waals surface area (Å²) in [5.74, 6) is -2.97. The number of benzene rings is 2. The van der Waals surface area contributed by atoms with Crippen LogP contribution in [0.4, 0.5) is 4.79 Å². The first-order valence-corrected chi connectivity index (χ1v) is 13.1. The van der Waals surface area contributed by atoms with Gasteiger partial charge >= 0.3 is 24.0 Å². The third-order valence-electron chi connectivity index (χ3n) is 6.18. The average Bonchev–Trinajstić information content (AvgIpc) is 3.25. The molecule has 10 nitrogen and oxygen atoms in total. The zero-order valence-electron chi connectivity index (χ0n) is 22.2. The van der Waals surface area contributed by atoms with Crippen molar-refractivity contribution < 1.29 is 42.9 Å². The normalized spacial score (nSPS) is 14.7. The van der Waals surface area contributed by atoms with Crippen LogP contribution >= 0.6 is 11.6 Å². The van der Waals surface area contributed by atoms with Crippen molar-refractivity contribution >= 4 is 46.5 Å². The highest BCUT2D eigenvalue weighted by atomic mass is 35.5. The van der Waals surface area contributed by atoms with Crippen LogP contribution in [0.5, 0.6) is 5.88 Å². The van der Waals surface area contributed by atoms with E-state index in [1.54, 1.807) is 57.2 Å². The highest BCUT2D eigenvalue weighted by Crippen LogP contribution is 2.50. The molecule has 0 saturated heterocycles. The molecule has 0 bridgehead atoms. The molecule has 0 saturated carbocycles. The first-order valence-electron chi connectivity index (χ1n) is 12.7. The number of hydrogen-bond acceptors (Lipinski definition) is 9. The lowest BCUT2D eigenvalue weighted by Gasteiger charge is -2.34. The fourth-order valence-corrected chi connectivity index (χ4v) is 4.73. The number of hydrogen-bond donors (Lipinski definition) is 0. The van der Waals surface area contributed by atoms with Crippen molar-refractivity contribution in [2.45, 2.75) is 39.2 Å². The number of carbonyl (C=O) groups excluding carboxylic acids is 4. The summed E-state index contributed by atoms with van der Waals surface area (Å²) in [7, 11) is 0. The van der Waals surface area contributed by atoms with E-state index >= 15 is 0 Å². The molecule has 0 radical (unpaired) electrons. The van der Waals surface area contributed by atoms with Crippen molar-refractivity contribution in [3.63, 3.8) is 0 Å². The molecule has 0 unspecified atom stereocenters. The maximum Gasteiger partial charge on any atom is 0.421 e. The number of ether oxygens (including phenoxy) is 5. The average molecular weight is 570 g/mol. The number of halogens is 1. The van der Waals surface area contributed by atoms with Gasteiger partial charge in [-0.2, -0.15) is 0 Å². The van der Waals surface area contributed by atoms with Crippen molar-refractivity contribution in [1.29, 1.82) is 0 Å². The molecule has 1 aromatic heterocycles. The highest BCUT2D eigenvalue weighted by molar-refractivity contribution is 6.31. The summed E-state index contributed by atoms with van der Waals surface area (Å²) in [6.07, 6.45) is -0.262. The van der Waals surface area contributed by atoms with Gasteiger partial charge in [0.1, 0.15) is 12.4 Å². The van der Waals surface area contributed by atoms with E-state index in [2.05, 4.69) is 0 Å². The summed E-state index contributed by atoms with van der Waals surface area (Å²) in [6.45, 7) is 4.73. The summed E-state index contributed by atoms with van der Waals surface area (Å²) in [6, 6.07) is 13.6. The summed E-state index contributed by atoms with van der Waals surface area (Å²) in [5, 5.41) is 0.551. The Balaban J connectivity index is 1.99. The number of rotatable bonds is 8. The van der Waals surface area contributed by atoms with E-state index in [9.17, 15) is 19.2 Å². The fourth-order valence-electron chi connectivity index (χ4n) is 4.56. The number of aromatic nitrogens is 1. The van der Waals surface area contributed by atoms with Crippen LogP contribution < -0.4 is 4.74 Å². The third kappa shape index (κ3) is 5.40. The van der Waals surface area contributed by atoms with E-state index in [4.69, 9.17) is 35.3 Å². The highest BCUT2D eigenvalue weighted by Gasteiger charge is 2.58. The molecular formula is C29H28ClNO9. The zero-order chi connectivity index (χ0) is 28.9. The molecule has 4 rings (SSSR count). The summed E-state index contributed by atoms with van der Waals surface area (Å²) < 4.78 is 28.5. The minimum Gasteiger partial charge on any atom is -0.465 e. The van der Waals surface area contributed by atoms with Crippen LogP contribution in [-0.4, -0.2) is 48.4 Å².